The maximum atomic E-state index is 13.6. The molecule has 12 heteroatoms. The van der Waals surface area contributed by atoms with Gasteiger partial charge in [0.05, 0.1) is 5.92 Å². The number of carbonyl (C=O) groups excluding carboxylic acids is 1. The van der Waals surface area contributed by atoms with Gasteiger partial charge in [-0.05, 0) is 76.0 Å². The molecular formula is C26H33F3N6O3. The molecule has 1 aromatic heterocycles. The number of halogens is 3. The quantitative estimate of drug-likeness (QED) is 0.460. The van der Waals surface area contributed by atoms with E-state index >= 15 is 0 Å². The molecule has 1 saturated heterocycles. The van der Waals surface area contributed by atoms with Gasteiger partial charge < -0.3 is 25.5 Å². The summed E-state index contributed by atoms with van der Waals surface area (Å²) in [5.41, 5.74) is -0.000956. The van der Waals surface area contributed by atoms with Crippen molar-refractivity contribution < 1.29 is 27.9 Å². The van der Waals surface area contributed by atoms with Crippen molar-refractivity contribution in [1.29, 1.82) is 0 Å². The van der Waals surface area contributed by atoms with Crippen molar-refractivity contribution in [3.63, 3.8) is 0 Å². The number of aliphatic carboxylic acids is 1. The van der Waals surface area contributed by atoms with Crippen molar-refractivity contribution in [2.45, 2.75) is 44.3 Å². The van der Waals surface area contributed by atoms with Crippen LogP contribution in [0.15, 0.2) is 30.5 Å². The number of anilines is 3. The number of nitrogens with one attached hydrogen (secondary N) is 2. The normalized spacial score (nSPS) is 20.8. The Balaban J connectivity index is 1.44. The zero-order valence-electron chi connectivity index (χ0n) is 21.5. The Morgan fingerprint density at radius 3 is 2.45 bits per heavy atom. The van der Waals surface area contributed by atoms with Crippen molar-refractivity contribution in [2.24, 2.45) is 11.8 Å². The first-order chi connectivity index (χ1) is 18.0. The Hall–Kier alpha value is -3.41. The number of carbonyl (C=O) groups is 2. The third-order valence-corrected chi connectivity index (χ3v) is 7.55. The second kappa shape index (κ2) is 11.5. The lowest BCUT2D eigenvalue weighted by atomic mass is 9.96. The molecule has 206 valence electrons. The molecule has 1 aliphatic carbocycles. The van der Waals surface area contributed by atoms with E-state index in [1.54, 1.807) is 36.2 Å². The Morgan fingerprint density at radius 1 is 1.13 bits per heavy atom. The average Bonchev–Trinajstić information content (AvgIpc) is 3.36. The van der Waals surface area contributed by atoms with Gasteiger partial charge in [-0.3, -0.25) is 9.59 Å². The van der Waals surface area contributed by atoms with Crippen LogP contribution >= 0.6 is 0 Å². The number of amides is 1. The fourth-order valence-corrected chi connectivity index (χ4v) is 5.20. The average molecular weight is 535 g/mol. The van der Waals surface area contributed by atoms with E-state index in [9.17, 15) is 27.9 Å². The number of rotatable bonds is 8. The van der Waals surface area contributed by atoms with E-state index in [4.69, 9.17) is 0 Å². The van der Waals surface area contributed by atoms with Gasteiger partial charge in [-0.25, -0.2) is 4.98 Å². The highest BCUT2D eigenvalue weighted by atomic mass is 19.4. The monoisotopic (exact) mass is 534 g/mol. The molecule has 4 rings (SSSR count). The Bertz CT molecular complexity index is 1140. The maximum absolute atomic E-state index is 13.6. The standard InChI is InChI=1S/C26H33F3N6O3/c1-34-12-10-19(11-13-34)35(2)23(36)16-6-8-18(9-7-16)32-25-31-15-21(26(27,28)29)22(33-25)30-14-17-4-3-5-20(17)24(37)38/h6-9,15,17,19-20H,3-5,10-14H2,1-2H3,(H,37,38)(H2,30,31,32,33)/t17?,20-/m0/s1. The van der Waals surface area contributed by atoms with Crippen molar-refractivity contribution in [3.8, 4) is 0 Å². The number of alkyl halides is 3. The molecule has 2 aromatic rings. The van der Waals surface area contributed by atoms with Crippen molar-refractivity contribution >= 4 is 29.3 Å². The molecular weight excluding hydrogens is 501 g/mol. The van der Waals surface area contributed by atoms with Crippen LogP contribution in [0.4, 0.5) is 30.6 Å². The highest BCUT2D eigenvalue weighted by Gasteiger charge is 2.37. The number of carboxylic acids is 1. The smallest absolute Gasteiger partial charge is 0.421 e. The van der Waals surface area contributed by atoms with Gasteiger partial charge in [-0.2, -0.15) is 18.2 Å². The Labute approximate surface area is 219 Å². The first kappa shape index (κ1) is 27.6. The van der Waals surface area contributed by atoms with Crippen LogP contribution in [0, 0.1) is 11.8 Å². The molecule has 3 N–H and O–H groups in total. The summed E-state index contributed by atoms with van der Waals surface area (Å²) in [7, 11) is 3.87. The zero-order valence-corrected chi connectivity index (χ0v) is 21.5. The van der Waals surface area contributed by atoms with Gasteiger partial charge in [-0.1, -0.05) is 6.42 Å². The van der Waals surface area contributed by atoms with Gasteiger partial charge in [0, 0.05) is 37.1 Å². The van der Waals surface area contributed by atoms with E-state index in [-0.39, 0.29) is 30.4 Å². The minimum Gasteiger partial charge on any atom is -0.481 e. The van der Waals surface area contributed by atoms with Crippen molar-refractivity contribution in [2.75, 3.05) is 44.4 Å². The molecule has 1 amide bonds. The summed E-state index contributed by atoms with van der Waals surface area (Å²) in [4.78, 5) is 36.2. The van der Waals surface area contributed by atoms with Gasteiger partial charge in [0.2, 0.25) is 5.95 Å². The van der Waals surface area contributed by atoms with Crippen LogP contribution in [-0.4, -0.2) is 76.5 Å². The lowest BCUT2D eigenvalue weighted by molar-refractivity contribution is -0.143. The predicted molar refractivity (Wildman–Crippen MR) is 136 cm³/mol. The molecule has 1 saturated carbocycles. The Kier molecular flexibility index (Phi) is 8.39. The first-order valence-electron chi connectivity index (χ1n) is 12.8. The molecule has 0 bridgehead atoms. The largest absolute Gasteiger partial charge is 0.481 e. The fraction of sp³-hybridized carbons (Fsp3) is 0.538. The molecule has 38 heavy (non-hydrogen) atoms. The molecule has 2 fully saturated rings. The van der Waals surface area contributed by atoms with E-state index < -0.39 is 29.4 Å². The highest BCUT2D eigenvalue weighted by molar-refractivity contribution is 5.94. The van der Waals surface area contributed by atoms with Crippen LogP contribution < -0.4 is 10.6 Å². The number of carboxylic acid groups (broad SMARTS) is 1. The van der Waals surface area contributed by atoms with E-state index in [1.165, 1.54) is 0 Å². The Morgan fingerprint density at radius 2 is 1.82 bits per heavy atom. The third kappa shape index (κ3) is 6.53. The number of benzene rings is 1. The summed E-state index contributed by atoms with van der Waals surface area (Å²) in [5.74, 6) is -2.35. The lowest BCUT2D eigenvalue weighted by Gasteiger charge is -2.35. The molecule has 1 aliphatic heterocycles. The van der Waals surface area contributed by atoms with Crippen molar-refractivity contribution in [1.82, 2.24) is 19.8 Å². The topological polar surface area (TPSA) is 111 Å². The van der Waals surface area contributed by atoms with Crippen LogP contribution in [0.1, 0.15) is 48.0 Å². The molecule has 0 radical (unpaired) electrons. The minimum absolute atomic E-state index is 0.0516. The third-order valence-electron chi connectivity index (χ3n) is 7.55. The number of piperidine rings is 1. The molecule has 2 aliphatic rings. The van der Waals surface area contributed by atoms with E-state index in [0.717, 1.165) is 32.4 Å². The van der Waals surface area contributed by atoms with E-state index in [2.05, 4.69) is 32.5 Å². The second-order valence-corrected chi connectivity index (χ2v) is 10.1. The molecule has 0 spiro atoms. The van der Waals surface area contributed by atoms with E-state index in [0.29, 0.717) is 30.3 Å². The maximum Gasteiger partial charge on any atom is 0.421 e. The van der Waals surface area contributed by atoms with Gasteiger partial charge in [-0.15, -0.1) is 0 Å². The van der Waals surface area contributed by atoms with Crippen LogP contribution in [0.5, 0.6) is 0 Å². The lowest BCUT2D eigenvalue weighted by Crippen LogP contribution is -2.44. The summed E-state index contributed by atoms with van der Waals surface area (Å²) in [6, 6.07) is 6.80. The summed E-state index contributed by atoms with van der Waals surface area (Å²) in [5, 5.41) is 15.0. The molecule has 1 unspecified atom stereocenters. The summed E-state index contributed by atoms with van der Waals surface area (Å²) in [6.07, 6.45) is -0.288. The number of hydrogen-bond donors (Lipinski definition) is 3. The van der Waals surface area contributed by atoms with Crippen LogP contribution in [0.3, 0.4) is 0 Å². The van der Waals surface area contributed by atoms with Gasteiger partial charge in [0.1, 0.15) is 11.4 Å². The molecule has 9 nitrogen and oxygen atoms in total. The van der Waals surface area contributed by atoms with E-state index in [1.807, 2.05) is 0 Å². The zero-order chi connectivity index (χ0) is 27.4. The fourth-order valence-electron chi connectivity index (χ4n) is 5.20. The summed E-state index contributed by atoms with van der Waals surface area (Å²) >= 11 is 0. The second-order valence-electron chi connectivity index (χ2n) is 10.1. The number of likely N-dealkylation sites (tertiary alicyclic amines) is 1. The van der Waals surface area contributed by atoms with Crippen LogP contribution in [0.2, 0.25) is 0 Å². The van der Waals surface area contributed by atoms with Gasteiger partial charge >= 0.3 is 12.1 Å². The summed E-state index contributed by atoms with van der Waals surface area (Å²) < 4.78 is 40.7. The van der Waals surface area contributed by atoms with Gasteiger partial charge in [0.15, 0.2) is 0 Å². The van der Waals surface area contributed by atoms with Crippen molar-refractivity contribution in [3.05, 3.63) is 41.6 Å². The van der Waals surface area contributed by atoms with Gasteiger partial charge in [0.25, 0.3) is 5.91 Å². The highest BCUT2D eigenvalue weighted by Crippen LogP contribution is 2.36. The number of nitrogens with zero attached hydrogens (tertiary/aromatic N) is 4. The van der Waals surface area contributed by atoms with Crippen LogP contribution in [-0.2, 0) is 11.0 Å². The molecule has 1 aromatic carbocycles. The molecule has 2 heterocycles. The first-order valence-corrected chi connectivity index (χ1v) is 12.8. The SMILES string of the molecule is CN1CCC(N(C)C(=O)c2ccc(Nc3ncc(C(F)(F)F)c(NCC4CCC[C@@H]4C(=O)O)n3)cc2)CC1. The predicted octanol–water partition coefficient (Wildman–Crippen LogP) is 4.32. The number of aromatic nitrogens is 2. The molecule has 2 atom stereocenters. The summed E-state index contributed by atoms with van der Waals surface area (Å²) in [6.45, 7) is 1.95. The number of hydrogen-bond acceptors (Lipinski definition) is 7. The minimum atomic E-state index is -4.68. The van der Waals surface area contributed by atoms with Crippen LogP contribution in [0.25, 0.3) is 0 Å².